The summed E-state index contributed by atoms with van der Waals surface area (Å²) in [5.41, 5.74) is 14.3. The molecule has 4 heterocycles. The third-order valence-corrected chi connectivity index (χ3v) is 12.1. The monoisotopic (exact) mass is 978 g/mol. The molecule has 4 fully saturated rings. The van der Waals surface area contributed by atoms with E-state index >= 15 is 0 Å². The largest absolute Gasteiger partial charge is 0.497 e. The lowest BCUT2D eigenvalue weighted by molar-refractivity contribution is -0.370. The molecule has 380 valence electrons. The van der Waals surface area contributed by atoms with Crippen LogP contribution in [0.3, 0.4) is 0 Å². The SMILES string of the molecule is COc1ccc(O[C@@H]2O[C@H](CO)[C@H](O)[C@H](O[C@@H]3O[C@H](C(=O)O)[C@@H](O[C@@H]4O[C@H](CO)[C@H](O)[C@H](O[C@@H]5O[C@@H](C(=O)O)[C@@H](O)[C@H](OCc6ccccc6)[C@H]5O)[C@H]4N)[C@H](OCc4ccccc4)[C@H]3O)[C@H]2N)cc1. The molecule has 4 saturated heterocycles. The molecule has 0 unspecified atom stereocenters. The van der Waals surface area contributed by atoms with Gasteiger partial charge >= 0.3 is 11.9 Å². The van der Waals surface area contributed by atoms with Crippen LogP contribution in [0.25, 0.3) is 0 Å². The molecular weight excluding hydrogens is 920 g/mol. The van der Waals surface area contributed by atoms with E-state index in [1.165, 1.54) is 7.11 Å². The van der Waals surface area contributed by atoms with Crippen LogP contribution in [0.2, 0.25) is 0 Å². The first kappa shape index (κ1) is 52.3. The molecule has 0 amide bonds. The van der Waals surface area contributed by atoms with Gasteiger partial charge in [0.2, 0.25) is 6.29 Å². The second-order valence-corrected chi connectivity index (χ2v) is 16.7. The maximum atomic E-state index is 13.1. The summed E-state index contributed by atoms with van der Waals surface area (Å²) in [6.07, 6.45) is -32.0. The summed E-state index contributed by atoms with van der Waals surface area (Å²) in [4.78, 5) is 25.4. The van der Waals surface area contributed by atoms with Crippen molar-refractivity contribution in [3.05, 3.63) is 96.1 Å². The van der Waals surface area contributed by atoms with Gasteiger partial charge in [-0.2, -0.15) is 0 Å². The van der Waals surface area contributed by atoms with E-state index in [2.05, 4.69) is 0 Å². The van der Waals surface area contributed by atoms with Crippen LogP contribution in [0, 0.1) is 0 Å². The summed E-state index contributed by atoms with van der Waals surface area (Å²) in [5.74, 6) is -2.56. The summed E-state index contributed by atoms with van der Waals surface area (Å²) >= 11 is 0. The number of benzene rings is 3. The molecule has 69 heavy (non-hydrogen) atoms. The third-order valence-electron chi connectivity index (χ3n) is 12.1. The minimum Gasteiger partial charge on any atom is -0.497 e. The van der Waals surface area contributed by atoms with E-state index in [4.69, 9.17) is 63.6 Å². The molecule has 0 aromatic heterocycles. The smallest absolute Gasteiger partial charge is 0.335 e. The zero-order chi connectivity index (χ0) is 49.5. The molecule has 4 aliphatic heterocycles. The van der Waals surface area contributed by atoms with Crippen molar-refractivity contribution in [1.29, 1.82) is 0 Å². The molecule has 7 rings (SSSR count). The van der Waals surface area contributed by atoms with E-state index < -0.39 is 148 Å². The number of aliphatic hydroxyl groups excluding tert-OH is 7. The number of carboxylic acids is 2. The first-order valence-electron chi connectivity index (χ1n) is 21.9. The van der Waals surface area contributed by atoms with Crippen molar-refractivity contribution in [3.63, 3.8) is 0 Å². The van der Waals surface area contributed by atoms with Crippen LogP contribution in [-0.4, -0.2) is 201 Å². The van der Waals surface area contributed by atoms with Gasteiger partial charge in [0.05, 0.1) is 45.6 Å². The van der Waals surface area contributed by atoms with Crippen LogP contribution in [0.1, 0.15) is 11.1 Å². The Labute approximate surface area is 394 Å². The standard InChI is InChI=1S/C45H58N2O22/c1-59-22-12-14-23(15-13-22)62-42-26(46)33(28(50)24(16-48)63-42)66-45-32(54)36(61-19-21-10-6-3-7-11-21)38(39(69-45)41(57)58)68-43-27(47)34(29(51)25(17-49)64-43)65-44-31(53)35(30(52)37(67-44)40(55)56)60-18-20-8-4-2-5-9-20/h2-15,24-39,42-45,48-54H,16-19,46-47H2,1H3,(H,55,56)(H,57,58)/t24-,25-,26-,27-,28+,29+,30+,31-,32-,33-,34-,35+,36-,37-,38+,39+,42-,43+,44-,45-/m1/s1. The number of nitrogens with two attached hydrogens (primary N) is 2. The minimum absolute atomic E-state index is 0.175. The Morgan fingerprint density at radius 2 is 0.942 bits per heavy atom. The van der Waals surface area contributed by atoms with E-state index in [9.17, 15) is 55.5 Å². The number of ether oxygens (including phenoxy) is 11. The van der Waals surface area contributed by atoms with E-state index in [1.807, 2.05) is 0 Å². The van der Waals surface area contributed by atoms with E-state index in [1.54, 1.807) is 84.9 Å². The fraction of sp³-hybridized carbons (Fsp3) is 0.556. The van der Waals surface area contributed by atoms with Gasteiger partial charge < -0.3 is 110 Å². The number of hydrogen-bond donors (Lipinski definition) is 11. The quantitative estimate of drug-likeness (QED) is 0.0567. The molecular formula is C45H58N2O22. The van der Waals surface area contributed by atoms with Crippen molar-refractivity contribution in [2.45, 2.75) is 136 Å². The number of carboxylic acid groups (broad SMARTS) is 2. The predicted molar refractivity (Wildman–Crippen MR) is 228 cm³/mol. The van der Waals surface area contributed by atoms with E-state index in [0.29, 0.717) is 16.9 Å². The Morgan fingerprint density at radius 1 is 0.507 bits per heavy atom. The zero-order valence-electron chi connectivity index (χ0n) is 36.9. The van der Waals surface area contributed by atoms with Crippen molar-refractivity contribution in [3.8, 4) is 11.5 Å². The van der Waals surface area contributed by atoms with Gasteiger partial charge in [0, 0.05) is 0 Å². The maximum absolute atomic E-state index is 13.1. The number of aliphatic carboxylic acids is 2. The Bertz CT molecular complexity index is 2080. The molecule has 20 atom stereocenters. The Kier molecular flexibility index (Phi) is 17.9. The molecule has 24 nitrogen and oxygen atoms in total. The molecule has 24 heteroatoms. The predicted octanol–water partition coefficient (Wildman–Crippen LogP) is -3.09. The van der Waals surface area contributed by atoms with Crippen molar-refractivity contribution in [2.24, 2.45) is 11.5 Å². The summed E-state index contributed by atoms with van der Waals surface area (Å²) in [6.45, 7) is -2.09. The average molecular weight is 979 g/mol. The van der Waals surface area contributed by atoms with Gasteiger partial charge in [0.15, 0.2) is 31.1 Å². The first-order chi connectivity index (χ1) is 33.1. The van der Waals surface area contributed by atoms with Crippen LogP contribution >= 0.6 is 0 Å². The van der Waals surface area contributed by atoms with Gasteiger partial charge in [0.25, 0.3) is 0 Å². The Morgan fingerprint density at radius 3 is 1.43 bits per heavy atom. The minimum atomic E-state index is -2.11. The molecule has 13 N–H and O–H groups in total. The van der Waals surface area contributed by atoms with Crippen molar-refractivity contribution in [1.82, 2.24) is 0 Å². The number of carbonyl (C=O) groups is 2. The highest BCUT2D eigenvalue weighted by Crippen LogP contribution is 2.36. The van der Waals surface area contributed by atoms with Gasteiger partial charge in [-0.25, -0.2) is 9.59 Å². The Hall–Kier alpha value is -4.52. The summed E-state index contributed by atoms with van der Waals surface area (Å²) < 4.78 is 64.2. The number of hydrogen-bond acceptors (Lipinski definition) is 22. The van der Waals surface area contributed by atoms with Gasteiger partial charge in [0.1, 0.15) is 84.7 Å². The molecule has 0 saturated carbocycles. The molecule has 3 aromatic carbocycles. The Balaban J connectivity index is 1.13. The van der Waals surface area contributed by atoms with Gasteiger partial charge in [-0.1, -0.05) is 60.7 Å². The number of rotatable bonds is 19. The van der Waals surface area contributed by atoms with Crippen molar-refractivity contribution < 1.29 is 108 Å². The van der Waals surface area contributed by atoms with Crippen molar-refractivity contribution in [2.75, 3.05) is 20.3 Å². The highest BCUT2D eigenvalue weighted by molar-refractivity contribution is 5.74. The van der Waals surface area contributed by atoms with E-state index in [-0.39, 0.29) is 19.0 Å². The van der Waals surface area contributed by atoms with Gasteiger partial charge in [-0.05, 0) is 35.4 Å². The molecule has 4 aliphatic rings. The molecule has 0 radical (unpaired) electrons. The number of methoxy groups -OCH3 is 1. The lowest BCUT2D eigenvalue weighted by Gasteiger charge is -2.49. The lowest BCUT2D eigenvalue weighted by atomic mass is 9.94. The highest BCUT2D eigenvalue weighted by atomic mass is 16.8. The second-order valence-electron chi connectivity index (χ2n) is 16.7. The highest BCUT2D eigenvalue weighted by Gasteiger charge is 2.57. The fourth-order valence-electron chi connectivity index (χ4n) is 8.36. The second kappa shape index (κ2) is 23.6. The van der Waals surface area contributed by atoms with Gasteiger partial charge in [-0.3, -0.25) is 0 Å². The summed E-state index contributed by atoms with van der Waals surface area (Å²) in [5, 5.41) is 98.1. The summed E-state index contributed by atoms with van der Waals surface area (Å²) in [7, 11) is 1.48. The van der Waals surface area contributed by atoms with E-state index in [0.717, 1.165) is 0 Å². The van der Waals surface area contributed by atoms with Crippen LogP contribution in [0.15, 0.2) is 84.9 Å². The van der Waals surface area contributed by atoms with Gasteiger partial charge in [-0.15, -0.1) is 0 Å². The lowest BCUT2D eigenvalue weighted by Crippen LogP contribution is -2.70. The normalized spacial score (nSPS) is 38.2. The first-order valence-corrected chi connectivity index (χ1v) is 21.9. The maximum Gasteiger partial charge on any atom is 0.335 e. The molecule has 0 bridgehead atoms. The molecule has 3 aromatic rings. The van der Waals surface area contributed by atoms with Crippen LogP contribution in [0.4, 0.5) is 0 Å². The third kappa shape index (κ3) is 12.0. The number of aliphatic hydroxyl groups is 7. The molecule has 0 aliphatic carbocycles. The van der Waals surface area contributed by atoms with Crippen LogP contribution < -0.4 is 20.9 Å². The topological polar surface area (TPSA) is 370 Å². The van der Waals surface area contributed by atoms with Crippen LogP contribution in [0.5, 0.6) is 11.5 Å². The zero-order valence-corrected chi connectivity index (χ0v) is 36.9. The molecule has 0 spiro atoms. The average Bonchev–Trinajstić information content (AvgIpc) is 3.34. The van der Waals surface area contributed by atoms with Crippen LogP contribution in [-0.2, 0) is 65.4 Å². The van der Waals surface area contributed by atoms with Crippen molar-refractivity contribution >= 4 is 11.9 Å². The summed E-state index contributed by atoms with van der Waals surface area (Å²) in [6, 6.07) is 20.3. The fourth-order valence-corrected chi connectivity index (χ4v) is 8.36.